The molecule has 9 heteroatoms. The summed E-state index contributed by atoms with van der Waals surface area (Å²) in [6.45, 7) is 4.47. The van der Waals surface area contributed by atoms with Crippen molar-refractivity contribution in [3.8, 4) is 0 Å². The third-order valence-corrected chi connectivity index (χ3v) is 4.31. The van der Waals surface area contributed by atoms with Crippen molar-refractivity contribution >= 4 is 47.0 Å². The Kier molecular flexibility index (Phi) is 5.81. The van der Waals surface area contributed by atoms with Crippen LogP contribution in [-0.4, -0.2) is 46.6 Å². The summed E-state index contributed by atoms with van der Waals surface area (Å²) in [6, 6.07) is 3.63. The summed E-state index contributed by atoms with van der Waals surface area (Å²) in [5.41, 5.74) is 0.700. The molecule has 0 saturated carbocycles. The van der Waals surface area contributed by atoms with Gasteiger partial charge in [0.05, 0.1) is 16.1 Å². The second-order valence-electron chi connectivity index (χ2n) is 5.34. The summed E-state index contributed by atoms with van der Waals surface area (Å²) in [5, 5.41) is 3.37. The molecule has 7 nitrogen and oxygen atoms in total. The number of halogens is 2. The SMILES string of the molecule is C=CCN1C(=O)C(=O)N(CC(=O)N[C@H](C)c2ccc(Cl)c(Cl)c2)C1=O. The molecule has 1 heterocycles. The van der Waals surface area contributed by atoms with Crippen molar-refractivity contribution in [2.24, 2.45) is 0 Å². The number of nitrogens with one attached hydrogen (secondary N) is 1. The monoisotopic (exact) mass is 383 g/mol. The van der Waals surface area contributed by atoms with Gasteiger partial charge in [-0.1, -0.05) is 35.3 Å². The zero-order chi connectivity index (χ0) is 18.7. The molecule has 1 atom stereocenters. The van der Waals surface area contributed by atoms with E-state index in [1.165, 1.54) is 6.08 Å². The van der Waals surface area contributed by atoms with E-state index in [4.69, 9.17) is 23.2 Å². The summed E-state index contributed by atoms with van der Waals surface area (Å²) < 4.78 is 0. The fourth-order valence-electron chi connectivity index (χ4n) is 2.28. The van der Waals surface area contributed by atoms with Gasteiger partial charge in [-0.05, 0) is 24.6 Å². The summed E-state index contributed by atoms with van der Waals surface area (Å²) in [4.78, 5) is 49.1. The molecule has 0 radical (unpaired) electrons. The van der Waals surface area contributed by atoms with E-state index in [2.05, 4.69) is 11.9 Å². The Balaban J connectivity index is 2.03. The first-order chi connectivity index (χ1) is 11.8. The zero-order valence-corrected chi connectivity index (χ0v) is 14.8. The molecule has 0 spiro atoms. The molecular weight excluding hydrogens is 369 g/mol. The van der Waals surface area contributed by atoms with Crippen LogP contribution in [0.1, 0.15) is 18.5 Å². The Morgan fingerprint density at radius 3 is 2.44 bits per heavy atom. The van der Waals surface area contributed by atoms with Crippen molar-refractivity contribution < 1.29 is 19.2 Å². The minimum Gasteiger partial charge on any atom is -0.348 e. The number of rotatable bonds is 6. The molecule has 1 aliphatic rings. The maximum absolute atomic E-state index is 12.1. The lowest BCUT2D eigenvalue weighted by atomic mass is 10.1. The van der Waals surface area contributed by atoms with E-state index in [0.29, 0.717) is 20.5 Å². The van der Waals surface area contributed by atoms with Gasteiger partial charge in [0.1, 0.15) is 6.54 Å². The molecule has 1 N–H and O–H groups in total. The number of amides is 5. The third kappa shape index (κ3) is 4.00. The van der Waals surface area contributed by atoms with Crippen LogP contribution < -0.4 is 5.32 Å². The van der Waals surface area contributed by atoms with Crippen molar-refractivity contribution in [1.29, 1.82) is 0 Å². The highest BCUT2D eigenvalue weighted by Gasteiger charge is 2.44. The first-order valence-electron chi connectivity index (χ1n) is 7.28. The number of carbonyl (C=O) groups excluding carboxylic acids is 4. The number of urea groups is 1. The van der Waals surface area contributed by atoms with Crippen LogP contribution in [0.15, 0.2) is 30.9 Å². The molecule has 2 rings (SSSR count). The Labute approximate surface area is 154 Å². The fraction of sp³-hybridized carbons (Fsp3) is 0.250. The number of benzene rings is 1. The molecule has 1 fully saturated rings. The number of carbonyl (C=O) groups is 4. The molecular formula is C16H15Cl2N3O4. The lowest BCUT2D eigenvalue weighted by molar-refractivity contribution is -0.143. The van der Waals surface area contributed by atoms with Gasteiger partial charge in [0.25, 0.3) is 0 Å². The summed E-state index contributed by atoms with van der Waals surface area (Å²) in [6.07, 6.45) is 1.32. The standard InChI is InChI=1S/C16H15Cl2N3O4/c1-3-6-20-14(23)15(24)21(16(20)25)8-13(22)19-9(2)10-4-5-11(17)12(18)7-10/h3-5,7,9H,1,6,8H2,2H3,(H,19,22)/t9-/m1/s1. The highest BCUT2D eigenvalue weighted by molar-refractivity contribution is 6.45. The van der Waals surface area contributed by atoms with Crippen molar-refractivity contribution in [2.45, 2.75) is 13.0 Å². The third-order valence-electron chi connectivity index (χ3n) is 3.57. The van der Waals surface area contributed by atoms with Gasteiger partial charge in [-0.2, -0.15) is 0 Å². The van der Waals surface area contributed by atoms with Gasteiger partial charge in [0, 0.05) is 6.54 Å². The van der Waals surface area contributed by atoms with Gasteiger partial charge in [-0.25, -0.2) is 9.69 Å². The first-order valence-corrected chi connectivity index (χ1v) is 8.04. The average Bonchev–Trinajstić information content (AvgIpc) is 2.75. The van der Waals surface area contributed by atoms with Gasteiger partial charge in [-0.3, -0.25) is 19.3 Å². The molecule has 1 aromatic carbocycles. The Morgan fingerprint density at radius 1 is 1.20 bits per heavy atom. The van der Waals surface area contributed by atoms with Crippen LogP contribution in [0.2, 0.25) is 10.0 Å². The number of nitrogens with zero attached hydrogens (tertiary/aromatic N) is 2. The number of imide groups is 2. The Bertz CT molecular complexity index is 766. The van der Waals surface area contributed by atoms with Crippen molar-refractivity contribution in [3.63, 3.8) is 0 Å². The maximum atomic E-state index is 12.1. The van der Waals surface area contributed by atoms with Crippen LogP contribution >= 0.6 is 23.2 Å². The molecule has 0 aromatic heterocycles. The Hall–Kier alpha value is -2.38. The topological polar surface area (TPSA) is 86.8 Å². The van der Waals surface area contributed by atoms with Gasteiger partial charge in [0.15, 0.2) is 0 Å². The van der Waals surface area contributed by atoms with E-state index < -0.39 is 36.3 Å². The minimum absolute atomic E-state index is 0.0960. The molecule has 132 valence electrons. The summed E-state index contributed by atoms with van der Waals surface area (Å²) in [7, 11) is 0. The minimum atomic E-state index is -1.04. The van der Waals surface area contributed by atoms with E-state index in [1.807, 2.05) is 0 Å². The van der Waals surface area contributed by atoms with Gasteiger partial charge in [0.2, 0.25) is 5.91 Å². The second-order valence-corrected chi connectivity index (χ2v) is 6.16. The van der Waals surface area contributed by atoms with Crippen LogP contribution in [0, 0.1) is 0 Å². The van der Waals surface area contributed by atoms with E-state index in [9.17, 15) is 19.2 Å². The summed E-state index contributed by atoms with van der Waals surface area (Å²) >= 11 is 11.8. The molecule has 0 bridgehead atoms. The lowest BCUT2D eigenvalue weighted by Gasteiger charge is -2.18. The highest BCUT2D eigenvalue weighted by atomic mass is 35.5. The van der Waals surface area contributed by atoms with E-state index in [1.54, 1.807) is 25.1 Å². The zero-order valence-electron chi connectivity index (χ0n) is 13.3. The van der Waals surface area contributed by atoms with Gasteiger partial charge in [-0.15, -0.1) is 6.58 Å². The van der Waals surface area contributed by atoms with Crippen LogP contribution in [0.5, 0.6) is 0 Å². The van der Waals surface area contributed by atoms with Crippen molar-refractivity contribution in [2.75, 3.05) is 13.1 Å². The summed E-state index contributed by atoms with van der Waals surface area (Å²) in [5.74, 6) is -2.60. The lowest BCUT2D eigenvalue weighted by Crippen LogP contribution is -2.42. The smallest absolute Gasteiger partial charge is 0.335 e. The molecule has 0 aliphatic carbocycles. The first kappa shape index (κ1) is 19.0. The Morgan fingerprint density at radius 2 is 1.84 bits per heavy atom. The molecule has 25 heavy (non-hydrogen) atoms. The van der Waals surface area contributed by atoms with Gasteiger partial charge < -0.3 is 5.32 Å². The number of hydrogen-bond acceptors (Lipinski definition) is 4. The fourth-order valence-corrected chi connectivity index (χ4v) is 2.58. The second kappa shape index (κ2) is 7.67. The van der Waals surface area contributed by atoms with Crippen LogP contribution in [-0.2, 0) is 14.4 Å². The van der Waals surface area contributed by atoms with Crippen LogP contribution in [0.25, 0.3) is 0 Å². The number of hydrogen-bond donors (Lipinski definition) is 1. The van der Waals surface area contributed by atoms with Crippen LogP contribution in [0.3, 0.4) is 0 Å². The molecule has 1 saturated heterocycles. The molecule has 0 unspecified atom stereocenters. The van der Waals surface area contributed by atoms with E-state index >= 15 is 0 Å². The van der Waals surface area contributed by atoms with Crippen LogP contribution in [0.4, 0.5) is 4.79 Å². The van der Waals surface area contributed by atoms with Crippen molar-refractivity contribution in [1.82, 2.24) is 15.1 Å². The average molecular weight is 384 g/mol. The molecule has 1 aromatic rings. The van der Waals surface area contributed by atoms with E-state index in [0.717, 1.165) is 4.90 Å². The highest BCUT2D eigenvalue weighted by Crippen LogP contribution is 2.25. The quantitative estimate of drug-likeness (QED) is 0.463. The predicted molar refractivity (Wildman–Crippen MR) is 92.0 cm³/mol. The largest absolute Gasteiger partial charge is 0.348 e. The molecule has 5 amide bonds. The molecule has 1 aliphatic heterocycles. The van der Waals surface area contributed by atoms with Crippen molar-refractivity contribution in [3.05, 3.63) is 46.5 Å². The van der Waals surface area contributed by atoms with Gasteiger partial charge >= 0.3 is 17.8 Å². The maximum Gasteiger partial charge on any atom is 0.335 e. The normalized spacial score (nSPS) is 15.6. The predicted octanol–water partition coefficient (Wildman–Crippen LogP) is 2.15. The van der Waals surface area contributed by atoms with E-state index in [-0.39, 0.29) is 6.54 Å².